The van der Waals surface area contributed by atoms with E-state index in [1.165, 1.54) is 13.2 Å². The highest BCUT2D eigenvalue weighted by molar-refractivity contribution is 5.83. The number of hydrogen-bond acceptors (Lipinski definition) is 5. The second kappa shape index (κ2) is 7.99. The molecule has 124 valence electrons. The summed E-state index contributed by atoms with van der Waals surface area (Å²) in [6, 6.07) is 12.2. The van der Waals surface area contributed by atoms with Crippen molar-refractivity contribution in [3.05, 3.63) is 67.8 Å². The standard InChI is InChI=1S/C19H18O5/c1-4-18(20)23-14-8-6-13(7-9-14)16-11-10-15(12-17(16)22-3)24-19(21)5-2/h4-12,18,20H,1-2H2,3H3. The fourth-order valence-electron chi connectivity index (χ4n) is 2.03. The van der Waals surface area contributed by atoms with Gasteiger partial charge in [0.15, 0.2) is 0 Å². The van der Waals surface area contributed by atoms with Crippen molar-refractivity contribution in [2.45, 2.75) is 6.29 Å². The lowest BCUT2D eigenvalue weighted by Gasteiger charge is -2.12. The molecule has 0 fully saturated rings. The molecule has 5 nitrogen and oxygen atoms in total. The number of ether oxygens (including phenoxy) is 3. The van der Waals surface area contributed by atoms with Crippen molar-refractivity contribution < 1.29 is 24.1 Å². The normalized spacial score (nSPS) is 11.2. The molecule has 1 N–H and O–H groups in total. The van der Waals surface area contributed by atoms with Gasteiger partial charge < -0.3 is 19.3 Å². The Balaban J connectivity index is 2.26. The second-order valence-corrected chi connectivity index (χ2v) is 4.76. The van der Waals surface area contributed by atoms with Crippen LogP contribution in [0.2, 0.25) is 0 Å². The molecule has 1 atom stereocenters. The van der Waals surface area contributed by atoms with E-state index in [1.807, 2.05) is 12.1 Å². The van der Waals surface area contributed by atoms with E-state index in [0.29, 0.717) is 17.2 Å². The van der Waals surface area contributed by atoms with Gasteiger partial charge in [-0.05, 0) is 35.9 Å². The molecule has 0 aliphatic rings. The highest BCUT2D eigenvalue weighted by Gasteiger charge is 2.10. The molecule has 0 aliphatic carbocycles. The Hall–Kier alpha value is -3.05. The minimum atomic E-state index is -1.05. The molecular weight excluding hydrogens is 308 g/mol. The Kier molecular flexibility index (Phi) is 5.76. The van der Waals surface area contributed by atoms with E-state index in [9.17, 15) is 9.90 Å². The van der Waals surface area contributed by atoms with E-state index in [-0.39, 0.29) is 0 Å². The van der Waals surface area contributed by atoms with E-state index in [1.54, 1.807) is 30.3 Å². The summed E-state index contributed by atoms with van der Waals surface area (Å²) in [6.45, 7) is 6.80. The zero-order valence-electron chi connectivity index (χ0n) is 13.3. The van der Waals surface area contributed by atoms with Crippen LogP contribution in [0.25, 0.3) is 11.1 Å². The maximum Gasteiger partial charge on any atom is 0.335 e. The summed E-state index contributed by atoms with van der Waals surface area (Å²) in [5, 5.41) is 9.39. The Labute approximate surface area is 140 Å². The van der Waals surface area contributed by atoms with Crippen LogP contribution in [0.5, 0.6) is 17.2 Å². The summed E-state index contributed by atoms with van der Waals surface area (Å²) < 4.78 is 15.7. The van der Waals surface area contributed by atoms with Crippen LogP contribution >= 0.6 is 0 Å². The molecule has 0 bridgehead atoms. The first-order valence-electron chi connectivity index (χ1n) is 7.17. The average molecular weight is 326 g/mol. The number of esters is 1. The van der Waals surface area contributed by atoms with E-state index in [2.05, 4.69) is 13.2 Å². The summed E-state index contributed by atoms with van der Waals surface area (Å²) >= 11 is 0. The summed E-state index contributed by atoms with van der Waals surface area (Å²) in [5.41, 5.74) is 1.71. The van der Waals surface area contributed by atoms with E-state index in [0.717, 1.165) is 17.2 Å². The largest absolute Gasteiger partial charge is 0.496 e. The Morgan fingerprint density at radius 3 is 2.38 bits per heavy atom. The van der Waals surface area contributed by atoms with Gasteiger partial charge in [0.1, 0.15) is 17.2 Å². The number of methoxy groups -OCH3 is 1. The monoisotopic (exact) mass is 326 g/mol. The van der Waals surface area contributed by atoms with Crippen LogP contribution in [-0.4, -0.2) is 24.5 Å². The van der Waals surface area contributed by atoms with Crippen LogP contribution < -0.4 is 14.2 Å². The van der Waals surface area contributed by atoms with Crippen molar-refractivity contribution in [2.75, 3.05) is 7.11 Å². The SMILES string of the molecule is C=CC(=O)Oc1ccc(-c2ccc(OC(O)C=C)cc2)c(OC)c1. The van der Waals surface area contributed by atoms with Crippen molar-refractivity contribution in [3.63, 3.8) is 0 Å². The fourth-order valence-corrected chi connectivity index (χ4v) is 2.03. The number of benzene rings is 2. The molecule has 0 saturated carbocycles. The van der Waals surface area contributed by atoms with E-state index in [4.69, 9.17) is 14.2 Å². The molecule has 2 rings (SSSR count). The Morgan fingerprint density at radius 2 is 1.79 bits per heavy atom. The number of hydrogen-bond donors (Lipinski definition) is 1. The van der Waals surface area contributed by atoms with Gasteiger partial charge in [-0.15, -0.1) is 0 Å². The molecule has 0 radical (unpaired) electrons. The molecule has 0 aromatic heterocycles. The Bertz CT molecular complexity index is 734. The molecular formula is C19H18O5. The van der Waals surface area contributed by atoms with Crippen LogP contribution in [0.1, 0.15) is 0 Å². The van der Waals surface area contributed by atoms with E-state index >= 15 is 0 Å². The fraction of sp³-hybridized carbons (Fsp3) is 0.105. The first-order valence-corrected chi connectivity index (χ1v) is 7.17. The number of carbonyl (C=O) groups is 1. The van der Waals surface area contributed by atoms with Gasteiger partial charge in [-0.2, -0.15) is 0 Å². The third-order valence-corrected chi connectivity index (χ3v) is 3.18. The van der Waals surface area contributed by atoms with Crippen LogP contribution in [0.4, 0.5) is 0 Å². The quantitative estimate of drug-likeness (QED) is 0.278. The Morgan fingerprint density at radius 1 is 1.12 bits per heavy atom. The lowest BCUT2D eigenvalue weighted by Crippen LogP contribution is -2.10. The van der Waals surface area contributed by atoms with Gasteiger partial charge in [0, 0.05) is 17.7 Å². The predicted octanol–water partition coefficient (Wildman–Crippen LogP) is 3.34. The highest BCUT2D eigenvalue weighted by Crippen LogP contribution is 2.34. The number of carbonyl (C=O) groups excluding carboxylic acids is 1. The summed E-state index contributed by atoms with van der Waals surface area (Å²) in [6.07, 6.45) is 1.33. The third-order valence-electron chi connectivity index (χ3n) is 3.18. The first kappa shape index (κ1) is 17.3. The molecule has 0 spiro atoms. The number of rotatable bonds is 7. The minimum Gasteiger partial charge on any atom is -0.496 e. The van der Waals surface area contributed by atoms with Crippen LogP contribution in [0, 0.1) is 0 Å². The molecule has 0 saturated heterocycles. The third kappa shape index (κ3) is 4.24. The summed E-state index contributed by atoms with van der Waals surface area (Å²) in [4.78, 5) is 11.3. The summed E-state index contributed by atoms with van der Waals surface area (Å²) in [5.74, 6) is 0.910. The number of aliphatic hydroxyl groups is 1. The predicted molar refractivity (Wildman–Crippen MR) is 91.1 cm³/mol. The zero-order chi connectivity index (χ0) is 17.5. The van der Waals surface area contributed by atoms with Gasteiger partial charge in [0.2, 0.25) is 6.29 Å². The van der Waals surface area contributed by atoms with Gasteiger partial charge >= 0.3 is 5.97 Å². The van der Waals surface area contributed by atoms with Gasteiger partial charge in [0.05, 0.1) is 7.11 Å². The van der Waals surface area contributed by atoms with Crippen molar-refractivity contribution in [2.24, 2.45) is 0 Å². The lowest BCUT2D eigenvalue weighted by molar-refractivity contribution is -0.128. The smallest absolute Gasteiger partial charge is 0.335 e. The molecule has 0 amide bonds. The van der Waals surface area contributed by atoms with Gasteiger partial charge in [-0.25, -0.2) is 4.79 Å². The molecule has 2 aromatic rings. The highest BCUT2D eigenvalue weighted by atomic mass is 16.6. The topological polar surface area (TPSA) is 65.0 Å². The first-order chi connectivity index (χ1) is 11.6. The minimum absolute atomic E-state index is 0.370. The lowest BCUT2D eigenvalue weighted by atomic mass is 10.0. The molecule has 0 aliphatic heterocycles. The average Bonchev–Trinajstić information content (AvgIpc) is 2.62. The van der Waals surface area contributed by atoms with Gasteiger partial charge in [-0.3, -0.25) is 0 Å². The number of aliphatic hydroxyl groups excluding tert-OH is 1. The molecule has 5 heteroatoms. The van der Waals surface area contributed by atoms with Crippen molar-refractivity contribution in [1.82, 2.24) is 0 Å². The van der Waals surface area contributed by atoms with Gasteiger partial charge in [0.25, 0.3) is 0 Å². The molecule has 0 heterocycles. The van der Waals surface area contributed by atoms with Crippen LogP contribution in [0.3, 0.4) is 0 Å². The van der Waals surface area contributed by atoms with Crippen molar-refractivity contribution in [1.29, 1.82) is 0 Å². The van der Waals surface area contributed by atoms with Crippen molar-refractivity contribution in [3.8, 4) is 28.4 Å². The molecule has 1 unspecified atom stereocenters. The van der Waals surface area contributed by atoms with Gasteiger partial charge in [-0.1, -0.05) is 25.3 Å². The molecule has 24 heavy (non-hydrogen) atoms. The maximum atomic E-state index is 11.3. The van der Waals surface area contributed by atoms with Crippen LogP contribution in [-0.2, 0) is 4.79 Å². The van der Waals surface area contributed by atoms with Crippen molar-refractivity contribution >= 4 is 5.97 Å². The maximum absolute atomic E-state index is 11.3. The zero-order valence-corrected chi connectivity index (χ0v) is 13.3. The summed E-state index contributed by atoms with van der Waals surface area (Å²) in [7, 11) is 1.54. The van der Waals surface area contributed by atoms with Crippen LogP contribution in [0.15, 0.2) is 67.8 Å². The van der Waals surface area contributed by atoms with E-state index < -0.39 is 12.3 Å². The molecule has 2 aromatic carbocycles. The second-order valence-electron chi connectivity index (χ2n) is 4.76.